The van der Waals surface area contributed by atoms with E-state index in [-0.39, 0.29) is 0 Å². The third kappa shape index (κ3) is 1.39. The summed E-state index contributed by atoms with van der Waals surface area (Å²) < 4.78 is 0. The molecule has 16 heavy (non-hydrogen) atoms. The first kappa shape index (κ1) is 9.16. The third-order valence-corrected chi connectivity index (χ3v) is 2.81. The molecule has 78 valence electrons. The van der Waals surface area contributed by atoms with Gasteiger partial charge in [0.25, 0.3) is 0 Å². The molecule has 2 heterocycles. The van der Waals surface area contributed by atoms with E-state index in [1.54, 1.807) is 6.20 Å². The minimum atomic E-state index is 0.854. The first-order valence-electron chi connectivity index (χ1n) is 5.33. The molecular weight excluding hydrogens is 196 g/mol. The maximum atomic E-state index is 4.36. The summed E-state index contributed by atoms with van der Waals surface area (Å²) in [6, 6.07) is 12.5. The molecule has 3 rings (SSSR count). The number of anilines is 1. The van der Waals surface area contributed by atoms with E-state index < -0.39 is 0 Å². The summed E-state index contributed by atoms with van der Waals surface area (Å²) in [5.74, 6) is 0.900. The molecule has 1 aromatic heterocycles. The Morgan fingerprint density at radius 1 is 1.06 bits per heavy atom. The fraction of sp³-hybridized carbons (Fsp3) is 0.0714. The normalized spacial score (nSPS) is 13.4. The number of fused-ring (bicyclic) bond motifs is 3. The highest BCUT2D eigenvalue weighted by Gasteiger charge is 2.15. The quantitative estimate of drug-likeness (QED) is 0.719. The predicted octanol–water partition coefficient (Wildman–Crippen LogP) is 3.23. The van der Waals surface area contributed by atoms with Gasteiger partial charge in [-0.2, -0.15) is 0 Å². The minimum absolute atomic E-state index is 0.854. The van der Waals surface area contributed by atoms with Crippen LogP contribution in [0.15, 0.2) is 54.9 Å². The molecule has 1 aliphatic heterocycles. The third-order valence-electron chi connectivity index (χ3n) is 2.81. The molecule has 1 aromatic carbocycles. The zero-order chi connectivity index (χ0) is 11.0. The molecule has 0 amide bonds. The monoisotopic (exact) mass is 208 g/mol. The highest BCUT2D eigenvalue weighted by atomic mass is 15.0. The molecule has 0 bridgehead atoms. The van der Waals surface area contributed by atoms with Crippen LogP contribution in [-0.4, -0.2) is 4.98 Å². The fourth-order valence-electron chi connectivity index (χ4n) is 2.10. The number of benzene rings is 1. The zero-order valence-corrected chi connectivity index (χ0v) is 8.90. The van der Waals surface area contributed by atoms with Crippen molar-refractivity contribution in [3.8, 4) is 11.1 Å². The van der Waals surface area contributed by atoms with Gasteiger partial charge >= 0.3 is 0 Å². The molecule has 0 saturated heterocycles. The van der Waals surface area contributed by atoms with Gasteiger partial charge in [0.1, 0.15) is 5.82 Å². The van der Waals surface area contributed by atoms with E-state index in [2.05, 4.69) is 47.2 Å². The van der Waals surface area contributed by atoms with Crippen molar-refractivity contribution in [2.45, 2.75) is 6.42 Å². The van der Waals surface area contributed by atoms with Crippen LogP contribution in [0.1, 0.15) is 5.56 Å². The summed E-state index contributed by atoms with van der Waals surface area (Å²) in [5.41, 5.74) is 4.69. The number of aromatic nitrogens is 1. The second kappa shape index (κ2) is 3.49. The summed E-state index contributed by atoms with van der Waals surface area (Å²) in [7, 11) is 0. The molecular formula is C14H12N2. The molecule has 0 atom stereocenters. The number of hydrogen-bond donors (Lipinski definition) is 1. The molecule has 0 saturated carbocycles. The van der Waals surface area contributed by atoms with E-state index in [1.165, 1.54) is 11.1 Å². The standard InChI is InChI=1S/C14H12N2/c1-10-9-11-5-2-3-6-12(11)13-7-4-8-15-14(13)16-10/h2-8H,1,9H2,(H,15,16). The SMILES string of the molecule is C=C1Cc2ccccc2-c2cccnc2N1. The summed E-state index contributed by atoms with van der Waals surface area (Å²) in [6.07, 6.45) is 2.65. The summed E-state index contributed by atoms with van der Waals surface area (Å²) in [6.45, 7) is 4.02. The van der Waals surface area contributed by atoms with Crippen LogP contribution >= 0.6 is 0 Å². The van der Waals surface area contributed by atoms with Crippen LogP contribution in [0.3, 0.4) is 0 Å². The predicted molar refractivity (Wildman–Crippen MR) is 66.1 cm³/mol. The topological polar surface area (TPSA) is 24.9 Å². The van der Waals surface area contributed by atoms with Gasteiger partial charge in [-0.05, 0) is 23.3 Å². The van der Waals surface area contributed by atoms with Crippen LogP contribution in [0, 0.1) is 0 Å². The van der Waals surface area contributed by atoms with Gasteiger partial charge in [0.15, 0.2) is 0 Å². The van der Waals surface area contributed by atoms with Crippen LogP contribution < -0.4 is 5.32 Å². The van der Waals surface area contributed by atoms with Crippen molar-refractivity contribution in [2.24, 2.45) is 0 Å². The molecule has 2 aromatic rings. The van der Waals surface area contributed by atoms with E-state index >= 15 is 0 Å². The minimum Gasteiger partial charge on any atom is -0.344 e. The van der Waals surface area contributed by atoms with Gasteiger partial charge in [-0.3, -0.25) is 0 Å². The van der Waals surface area contributed by atoms with Crippen LogP contribution in [0.2, 0.25) is 0 Å². The molecule has 0 fully saturated rings. The van der Waals surface area contributed by atoms with Gasteiger partial charge in [0, 0.05) is 23.9 Å². The molecule has 1 N–H and O–H groups in total. The van der Waals surface area contributed by atoms with Crippen LogP contribution in [0.25, 0.3) is 11.1 Å². The van der Waals surface area contributed by atoms with Crippen LogP contribution in [0.5, 0.6) is 0 Å². The molecule has 0 unspecified atom stereocenters. The maximum absolute atomic E-state index is 4.36. The van der Waals surface area contributed by atoms with E-state index in [9.17, 15) is 0 Å². The number of nitrogens with zero attached hydrogens (tertiary/aromatic N) is 1. The Morgan fingerprint density at radius 3 is 2.81 bits per heavy atom. The van der Waals surface area contributed by atoms with Gasteiger partial charge in [0.05, 0.1) is 0 Å². The van der Waals surface area contributed by atoms with E-state index in [0.717, 1.165) is 23.5 Å². The number of rotatable bonds is 0. The zero-order valence-electron chi connectivity index (χ0n) is 8.90. The van der Waals surface area contributed by atoms with Gasteiger partial charge in [-0.25, -0.2) is 4.98 Å². The lowest BCUT2D eigenvalue weighted by Crippen LogP contribution is -2.00. The van der Waals surface area contributed by atoms with Crippen molar-refractivity contribution >= 4 is 5.82 Å². The average molecular weight is 208 g/mol. The molecule has 0 aliphatic carbocycles. The first-order valence-corrected chi connectivity index (χ1v) is 5.33. The Hall–Kier alpha value is -2.09. The number of nitrogens with one attached hydrogen (secondary N) is 1. The molecule has 1 aliphatic rings. The average Bonchev–Trinajstić information content (AvgIpc) is 2.44. The Kier molecular flexibility index (Phi) is 2.00. The Labute approximate surface area is 94.7 Å². The number of pyridine rings is 1. The maximum Gasteiger partial charge on any atom is 0.137 e. The summed E-state index contributed by atoms with van der Waals surface area (Å²) in [4.78, 5) is 4.36. The van der Waals surface area contributed by atoms with Crippen LogP contribution in [0.4, 0.5) is 5.82 Å². The lowest BCUT2D eigenvalue weighted by atomic mass is 9.99. The molecule has 2 nitrogen and oxygen atoms in total. The van der Waals surface area contributed by atoms with Gasteiger partial charge < -0.3 is 5.32 Å². The molecule has 2 heteroatoms. The van der Waals surface area contributed by atoms with E-state index in [4.69, 9.17) is 0 Å². The van der Waals surface area contributed by atoms with Crippen molar-refractivity contribution in [3.05, 3.63) is 60.4 Å². The van der Waals surface area contributed by atoms with Crippen molar-refractivity contribution < 1.29 is 0 Å². The summed E-state index contributed by atoms with van der Waals surface area (Å²) in [5, 5.41) is 3.26. The number of allylic oxidation sites excluding steroid dienone is 1. The largest absolute Gasteiger partial charge is 0.344 e. The van der Waals surface area contributed by atoms with E-state index in [0.29, 0.717) is 0 Å². The highest BCUT2D eigenvalue weighted by molar-refractivity contribution is 5.80. The van der Waals surface area contributed by atoms with Crippen molar-refractivity contribution in [1.29, 1.82) is 0 Å². The second-order valence-corrected chi connectivity index (χ2v) is 3.96. The first-order chi connectivity index (χ1) is 7.84. The highest BCUT2D eigenvalue weighted by Crippen LogP contribution is 2.33. The second-order valence-electron chi connectivity index (χ2n) is 3.96. The lowest BCUT2D eigenvalue weighted by molar-refractivity contribution is 1.17. The van der Waals surface area contributed by atoms with Crippen LogP contribution in [-0.2, 0) is 6.42 Å². The Balaban J connectivity index is 2.30. The molecule has 0 radical (unpaired) electrons. The van der Waals surface area contributed by atoms with Crippen molar-refractivity contribution in [1.82, 2.24) is 4.98 Å². The lowest BCUT2D eigenvalue weighted by Gasteiger charge is -2.07. The molecule has 0 spiro atoms. The Bertz CT molecular complexity index is 509. The fourth-order valence-corrected chi connectivity index (χ4v) is 2.10. The van der Waals surface area contributed by atoms with Crippen molar-refractivity contribution in [2.75, 3.05) is 5.32 Å². The smallest absolute Gasteiger partial charge is 0.137 e. The number of hydrogen-bond acceptors (Lipinski definition) is 2. The Morgan fingerprint density at radius 2 is 1.88 bits per heavy atom. The van der Waals surface area contributed by atoms with Crippen molar-refractivity contribution in [3.63, 3.8) is 0 Å². The van der Waals surface area contributed by atoms with Gasteiger partial charge in [-0.1, -0.05) is 30.8 Å². The van der Waals surface area contributed by atoms with Gasteiger partial charge in [-0.15, -0.1) is 0 Å². The van der Waals surface area contributed by atoms with E-state index in [1.807, 2.05) is 6.07 Å². The summed E-state index contributed by atoms with van der Waals surface area (Å²) >= 11 is 0. The van der Waals surface area contributed by atoms with Gasteiger partial charge in [0.2, 0.25) is 0 Å².